The van der Waals surface area contributed by atoms with Crippen molar-refractivity contribution in [2.75, 3.05) is 6.61 Å². The minimum atomic E-state index is 0.192. The maximum atomic E-state index is 12.1. The summed E-state index contributed by atoms with van der Waals surface area (Å²) in [4.78, 5) is 12.1. The average Bonchev–Trinajstić information content (AvgIpc) is 2.75. The lowest BCUT2D eigenvalue weighted by Gasteiger charge is -2.23. The van der Waals surface area contributed by atoms with Crippen molar-refractivity contribution in [3.05, 3.63) is 0 Å². The van der Waals surface area contributed by atoms with Crippen LogP contribution in [-0.4, -0.2) is 18.5 Å². The Kier molecular flexibility index (Phi) is 3.15. The van der Waals surface area contributed by atoms with Crippen LogP contribution in [0.5, 0.6) is 0 Å². The molecule has 2 fully saturated rings. The Balaban J connectivity index is 1.86. The first-order valence-corrected chi connectivity index (χ1v) is 6.23. The van der Waals surface area contributed by atoms with Gasteiger partial charge in [-0.2, -0.15) is 0 Å². The van der Waals surface area contributed by atoms with Gasteiger partial charge in [-0.3, -0.25) is 4.79 Å². The molecular formula is C13H22O2. The highest BCUT2D eigenvalue weighted by atomic mass is 16.5. The number of Topliss-reactive ketones (excluding diaryl/α,β-unsaturated/α-hetero) is 1. The molecule has 0 spiro atoms. The molecule has 0 aromatic heterocycles. The molecule has 0 radical (unpaired) electrons. The van der Waals surface area contributed by atoms with Gasteiger partial charge in [0.15, 0.2) is 0 Å². The van der Waals surface area contributed by atoms with Gasteiger partial charge in [0.05, 0.1) is 12.7 Å². The van der Waals surface area contributed by atoms with Crippen LogP contribution in [0.25, 0.3) is 0 Å². The molecule has 2 nitrogen and oxygen atoms in total. The molecule has 1 aliphatic carbocycles. The molecule has 1 aliphatic heterocycles. The quantitative estimate of drug-likeness (QED) is 0.716. The Labute approximate surface area is 92.4 Å². The van der Waals surface area contributed by atoms with Crippen LogP contribution in [0.1, 0.15) is 52.4 Å². The fourth-order valence-electron chi connectivity index (χ4n) is 3.01. The number of ether oxygens (including phenoxy) is 1. The lowest BCUT2D eigenvalue weighted by molar-refractivity contribution is -0.124. The van der Waals surface area contributed by atoms with Gasteiger partial charge in [-0.25, -0.2) is 0 Å². The summed E-state index contributed by atoms with van der Waals surface area (Å²) >= 11 is 0. The van der Waals surface area contributed by atoms with Gasteiger partial charge in [0, 0.05) is 12.3 Å². The summed E-state index contributed by atoms with van der Waals surface area (Å²) in [5.41, 5.74) is 0.308. The van der Waals surface area contributed by atoms with E-state index in [1.165, 1.54) is 25.7 Å². The van der Waals surface area contributed by atoms with Gasteiger partial charge in [-0.05, 0) is 31.6 Å². The van der Waals surface area contributed by atoms with Crippen LogP contribution in [0.4, 0.5) is 0 Å². The average molecular weight is 210 g/mol. The zero-order valence-electron chi connectivity index (χ0n) is 9.92. The number of rotatable bonds is 3. The van der Waals surface area contributed by atoms with E-state index in [9.17, 15) is 4.79 Å². The molecule has 2 heteroatoms. The molecule has 1 saturated carbocycles. The van der Waals surface area contributed by atoms with Crippen molar-refractivity contribution in [2.24, 2.45) is 11.3 Å². The third-order valence-electron chi connectivity index (χ3n) is 4.07. The molecule has 1 saturated heterocycles. The molecule has 2 aliphatic rings. The monoisotopic (exact) mass is 210 g/mol. The summed E-state index contributed by atoms with van der Waals surface area (Å²) in [6.07, 6.45) is 7.10. The van der Waals surface area contributed by atoms with Crippen LogP contribution in [0.2, 0.25) is 0 Å². The van der Waals surface area contributed by atoms with Gasteiger partial charge in [-0.15, -0.1) is 0 Å². The second-order valence-electron chi connectivity index (χ2n) is 5.74. The smallest absolute Gasteiger partial charge is 0.138 e. The maximum Gasteiger partial charge on any atom is 0.138 e. The molecule has 0 amide bonds. The highest BCUT2D eigenvalue weighted by molar-refractivity contribution is 5.82. The van der Waals surface area contributed by atoms with Gasteiger partial charge in [0.1, 0.15) is 5.78 Å². The summed E-state index contributed by atoms with van der Waals surface area (Å²) in [5, 5.41) is 0. The zero-order chi connectivity index (χ0) is 10.9. The summed E-state index contributed by atoms with van der Waals surface area (Å²) < 4.78 is 5.46. The number of ketones is 1. The lowest BCUT2D eigenvalue weighted by Crippen LogP contribution is -2.23. The summed E-state index contributed by atoms with van der Waals surface area (Å²) in [6, 6.07) is 0. The normalized spacial score (nSPS) is 34.5. The summed E-state index contributed by atoms with van der Waals surface area (Å²) in [7, 11) is 0. The highest BCUT2D eigenvalue weighted by Gasteiger charge is 2.35. The van der Waals surface area contributed by atoms with Crippen LogP contribution >= 0.6 is 0 Å². The Morgan fingerprint density at radius 3 is 2.60 bits per heavy atom. The predicted octanol–water partition coefficient (Wildman–Crippen LogP) is 2.95. The van der Waals surface area contributed by atoms with Crippen molar-refractivity contribution < 1.29 is 9.53 Å². The van der Waals surface area contributed by atoms with Crippen molar-refractivity contribution in [3.8, 4) is 0 Å². The number of hydrogen-bond donors (Lipinski definition) is 0. The molecule has 0 N–H and O–H groups in total. The first kappa shape index (κ1) is 11.1. The van der Waals surface area contributed by atoms with E-state index >= 15 is 0 Å². The number of carbonyl (C=O) groups is 1. The number of hydrogen-bond acceptors (Lipinski definition) is 2. The van der Waals surface area contributed by atoms with Crippen molar-refractivity contribution in [1.82, 2.24) is 0 Å². The van der Waals surface area contributed by atoms with Crippen LogP contribution in [0, 0.1) is 11.3 Å². The SMILES string of the molecule is CC1CC(C(=O)CC2(C)CCCC2)CO1. The van der Waals surface area contributed by atoms with E-state index < -0.39 is 0 Å². The van der Waals surface area contributed by atoms with Gasteiger partial charge < -0.3 is 4.74 Å². The largest absolute Gasteiger partial charge is 0.378 e. The highest BCUT2D eigenvalue weighted by Crippen LogP contribution is 2.41. The van der Waals surface area contributed by atoms with Crippen LogP contribution in [0.3, 0.4) is 0 Å². The van der Waals surface area contributed by atoms with Crippen molar-refractivity contribution in [1.29, 1.82) is 0 Å². The van der Waals surface area contributed by atoms with E-state index in [2.05, 4.69) is 13.8 Å². The fraction of sp³-hybridized carbons (Fsp3) is 0.923. The summed E-state index contributed by atoms with van der Waals surface area (Å²) in [6.45, 7) is 5.00. The molecule has 0 aromatic carbocycles. The van der Waals surface area contributed by atoms with Gasteiger partial charge in [0.25, 0.3) is 0 Å². The first-order valence-electron chi connectivity index (χ1n) is 6.23. The minimum absolute atomic E-state index is 0.192. The maximum absolute atomic E-state index is 12.1. The molecule has 1 heterocycles. The molecule has 2 unspecified atom stereocenters. The van der Waals surface area contributed by atoms with Crippen molar-refractivity contribution in [2.45, 2.75) is 58.5 Å². The van der Waals surface area contributed by atoms with Crippen molar-refractivity contribution in [3.63, 3.8) is 0 Å². The van der Waals surface area contributed by atoms with E-state index in [4.69, 9.17) is 4.74 Å². The first-order chi connectivity index (χ1) is 7.09. The molecule has 0 aromatic rings. The van der Waals surface area contributed by atoms with E-state index in [-0.39, 0.29) is 12.0 Å². The number of carbonyl (C=O) groups excluding carboxylic acids is 1. The van der Waals surface area contributed by atoms with E-state index in [1.807, 2.05) is 0 Å². The zero-order valence-corrected chi connectivity index (χ0v) is 9.92. The van der Waals surface area contributed by atoms with Crippen molar-refractivity contribution >= 4 is 5.78 Å². The predicted molar refractivity (Wildman–Crippen MR) is 59.7 cm³/mol. The van der Waals surface area contributed by atoms with Gasteiger partial charge in [-0.1, -0.05) is 19.8 Å². The van der Waals surface area contributed by atoms with Gasteiger partial charge >= 0.3 is 0 Å². The van der Waals surface area contributed by atoms with Crippen LogP contribution < -0.4 is 0 Å². The molecule has 2 rings (SSSR count). The summed E-state index contributed by atoms with van der Waals surface area (Å²) in [5.74, 6) is 0.640. The van der Waals surface area contributed by atoms with E-state index in [0.717, 1.165) is 12.8 Å². The Morgan fingerprint density at radius 2 is 2.07 bits per heavy atom. The van der Waals surface area contributed by atoms with Crippen LogP contribution in [0.15, 0.2) is 0 Å². The molecule has 2 atom stereocenters. The Bertz CT molecular complexity index is 241. The lowest BCUT2D eigenvalue weighted by atomic mass is 9.80. The third kappa shape index (κ3) is 2.60. The Morgan fingerprint density at radius 1 is 1.40 bits per heavy atom. The molecule has 0 bridgehead atoms. The molecule has 86 valence electrons. The molecular weight excluding hydrogens is 188 g/mol. The Hall–Kier alpha value is -0.370. The van der Waals surface area contributed by atoms with E-state index in [1.54, 1.807) is 0 Å². The minimum Gasteiger partial charge on any atom is -0.378 e. The second-order valence-corrected chi connectivity index (χ2v) is 5.74. The molecule has 15 heavy (non-hydrogen) atoms. The fourth-order valence-corrected chi connectivity index (χ4v) is 3.01. The van der Waals surface area contributed by atoms with Gasteiger partial charge in [0.2, 0.25) is 0 Å². The van der Waals surface area contributed by atoms with Crippen LogP contribution in [-0.2, 0) is 9.53 Å². The van der Waals surface area contributed by atoms with E-state index in [0.29, 0.717) is 17.8 Å². The third-order valence-corrected chi connectivity index (χ3v) is 4.07. The topological polar surface area (TPSA) is 26.3 Å². The standard InChI is InChI=1S/C13H22O2/c1-10-7-11(9-15-10)12(14)8-13(2)5-3-4-6-13/h10-11H,3-9H2,1-2H3. The second kappa shape index (κ2) is 4.25.